The Morgan fingerprint density at radius 2 is 2.03 bits per heavy atom. The lowest BCUT2D eigenvalue weighted by atomic mass is 10.2. The first-order valence-corrected chi connectivity index (χ1v) is 10.5. The Labute approximate surface area is 184 Å². The first kappa shape index (κ1) is 21.7. The number of anilines is 1. The Morgan fingerprint density at radius 1 is 1.30 bits per heavy atom. The van der Waals surface area contributed by atoms with Crippen LogP contribution in [-0.2, 0) is 11.3 Å². The molecule has 3 rings (SSSR count). The van der Waals surface area contributed by atoms with Crippen molar-refractivity contribution in [1.82, 2.24) is 14.8 Å². The number of rotatable bonds is 7. The largest absolute Gasteiger partial charge is 0.497 e. The van der Waals surface area contributed by atoms with Gasteiger partial charge in [-0.05, 0) is 56.3 Å². The topological polar surface area (TPSA) is 92.8 Å². The van der Waals surface area contributed by atoms with Gasteiger partial charge in [-0.2, -0.15) is 5.26 Å². The summed E-state index contributed by atoms with van der Waals surface area (Å²) in [7, 11) is 1.62. The van der Waals surface area contributed by atoms with E-state index >= 15 is 0 Å². The van der Waals surface area contributed by atoms with Gasteiger partial charge >= 0.3 is 0 Å². The Bertz CT molecular complexity index is 1090. The van der Waals surface area contributed by atoms with Crippen molar-refractivity contribution in [2.75, 3.05) is 12.4 Å². The summed E-state index contributed by atoms with van der Waals surface area (Å²) in [6.45, 7) is 4.47. The quantitative estimate of drug-likeness (QED) is 0.538. The van der Waals surface area contributed by atoms with Crippen molar-refractivity contribution in [2.45, 2.75) is 30.8 Å². The number of nitrogens with one attached hydrogen (secondary N) is 1. The number of nitriles is 1. The predicted molar refractivity (Wildman–Crippen MR) is 118 cm³/mol. The Balaban J connectivity index is 1.73. The van der Waals surface area contributed by atoms with Gasteiger partial charge in [-0.3, -0.25) is 4.79 Å². The van der Waals surface area contributed by atoms with Gasteiger partial charge in [0, 0.05) is 17.8 Å². The summed E-state index contributed by atoms with van der Waals surface area (Å²) in [6.07, 6.45) is 0. The normalized spacial score (nSPS) is 11.6. The van der Waals surface area contributed by atoms with Gasteiger partial charge in [0.15, 0.2) is 11.0 Å². The van der Waals surface area contributed by atoms with E-state index in [1.54, 1.807) is 32.2 Å². The van der Waals surface area contributed by atoms with Crippen molar-refractivity contribution >= 4 is 35.0 Å². The van der Waals surface area contributed by atoms with Crippen LogP contribution in [0.5, 0.6) is 5.75 Å². The number of hydrogen-bond donors (Lipinski definition) is 1. The van der Waals surface area contributed by atoms with Crippen LogP contribution >= 0.6 is 23.4 Å². The minimum atomic E-state index is -0.419. The van der Waals surface area contributed by atoms with Crippen molar-refractivity contribution < 1.29 is 9.53 Å². The Kier molecular flexibility index (Phi) is 6.98. The highest BCUT2D eigenvalue weighted by Gasteiger charge is 2.20. The second kappa shape index (κ2) is 9.65. The molecule has 2 aromatic carbocycles. The number of aromatic nitrogens is 3. The van der Waals surface area contributed by atoms with E-state index in [-0.39, 0.29) is 5.91 Å². The highest BCUT2D eigenvalue weighted by molar-refractivity contribution is 8.00. The standard InChI is InChI=1S/C21H20ClN5O2S/c1-4-27-19(14-6-9-17(29-3)10-7-14)25-26-21(27)30-13(2)20(28)24-16-8-5-15(12-23)18(22)11-16/h5-11,13H,4H2,1-3H3,(H,24,28). The van der Waals surface area contributed by atoms with Crippen LogP contribution in [0.4, 0.5) is 5.69 Å². The second-order valence-corrected chi connectivity index (χ2v) is 8.05. The minimum absolute atomic E-state index is 0.197. The highest BCUT2D eigenvalue weighted by atomic mass is 35.5. The van der Waals surface area contributed by atoms with Gasteiger partial charge < -0.3 is 14.6 Å². The fourth-order valence-electron chi connectivity index (χ4n) is 2.75. The number of ether oxygens (including phenoxy) is 1. The van der Waals surface area contributed by atoms with E-state index in [1.807, 2.05) is 41.8 Å². The highest BCUT2D eigenvalue weighted by Crippen LogP contribution is 2.28. The molecule has 0 saturated heterocycles. The van der Waals surface area contributed by atoms with Crippen LogP contribution in [0.15, 0.2) is 47.6 Å². The molecule has 0 radical (unpaired) electrons. The van der Waals surface area contributed by atoms with Crippen LogP contribution in [0.1, 0.15) is 19.4 Å². The first-order chi connectivity index (χ1) is 14.5. The lowest BCUT2D eigenvalue weighted by Gasteiger charge is -2.13. The lowest BCUT2D eigenvalue weighted by Crippen LogP contribution is -2.23. The Hall–Kier alpha value is -3.02. The van der Waals surface area contributed by atoms with Gasteiger partial charge in [0.2, 0.25) is 5.91 Å². The summed E-state index contributed by atoms with van der Waals surface area (Å²) >= 11 is 7.36. The monoisotopic (exact) mass is 441 g/mol. The van der Waals surface area contributed by atoms with E-state index in [4.69, 9.17) is 21.6 Å². The Morgan fingerprint density at radius 3 is 2.63 bits per heavy atom. The number of methoxy groups -OCH3 is 1. The van der Waals surface area contributed by atoms with Crippen LogP contribution in [-0.4, -0.2) is 33.0 Å². The van der Waals surface area contributed by atoms with Gasteiger partial charge in [0.25, 0.3) is 0 Å². The maximum absolute atomic E-state index is 12.6. The van der Waals surface area contributed by atoms with Crippen molar-refractivity contribution in [3.05, 3.63) is 53.1 Å². The fourth-order valence-corrected chi connectivity index (χ4v) is 3.89. The van der Waals surface area contributed by atoms with E-state index in [1.165, 1.54) is 11.8 Å². The predicted octanol–water partition coefficient (Wildman–Crippen LogP) is 4.62. The number of halogens is 1. The van der Waals surface area contributed by atoms with E-state index < -0.39 is 5.25 Å². The fraction of sp³-hybridized carbons (Fsp3) is 0.238. The number of carbonyl (C=O) groups is 1. The molecular formula is C21H20ClN5O2S. The number of thioether (sulfide) groups is 1. The lowest BCUT2D eigenvalue weighted by molar-refractivity contribution is -0.115. The summed E-state index contributed by atoms with van der Waals surface area (Å²) in [5, 5.41) is 20.9. The minimum Gasteiger partial charge on any atom is -0.497 e. The number of hydrogen-bond acceptors (Lipinski definition) is 6. The van der Waals surface area contributed by atoms with Gasteiger partial charge in [-0.25, -0.2) is 0 Å². The maximum atomic E-state index is 12.6. The molecule has 0 aliphatic heterocycles. The molecular weight excluding hydrogens is 422 g/mol. The van der Waals surface area contributed by atoms with Crippen molar-refractivity contribution in [3.8, 4) is 23.2 Å². The third kappa shape index (κ3) is 4.75. The first-order valence-electron chi connectivity index (χ1n) is 9.21. The smallest absolute Gasteiger partial charge is 0.237 e. The van der Waals surface area contributed by atoms with E-state index in [2.05, 4.69) is 15.5 Å². The van der Waals surface area contributed by atoms with Gasteiger partial charge in [0.1, 0.15) is 11.8 Å². The zero-order valence-electron chi connectivity index (χ0n) is 16.7. The zero-order chi connectivity index (χ0) is 21.7. The number of nitrogens with zero attached hydrogens (tertiary/aromatic N) is 4. The molecule has 1 atom stereocenters. The molecule has 3 aromatic rings. The molecule has 1 amide bonds. The summed E-state index contributed by atoms with van der Waals surface area (Å²) in [5.74, 6) is 1.30. The van der Waals surface area contributed by atoms with Crippen molar-refractivity contribution in [2.24, 2.45) is 0 Å². The van der Waals surface area contributed by atoms with Crippen LogP contribution in [0.25, 0.3) is 11.4 Å². The molecule has 1 heterocycles. The molecule has 0 aliphatic rings. The molecule has 0 saturated carbocycles. The summed E-state index contributed by atoms with van der Waals surface area (Å²) in [5.41, 5.74) is 1.81. The van der Waals surface area contributed by atoms with Crippen molar-refractivity contribution in [3.63, 3.8) is 0 Å². The van der Waals surface area contributed by atoms with E-state index in [0.717, 1.165) is 17.1 Å². The van der Waals surface area contributed by atoms with Crippen LogP contribution < -0.4 is 10.1 Å². The molecule has 9 heteroatoms. The van der Waals surface area contributed by atoms with E-state index in [0.29, 0.717) is 28.0 Å². The van der Waals surface area contributed by atoms with Crippen LogP contribution in [0.3, 0.4) is 0 Å². The molecule has 1 N–H and O–H groups in total. The zero-order valence-corrected chi connectivity index (χ0v) is 18.3. The molecule has 0 spiro atoms. The molecule has 1 unspecified atom stereocenters. The molecule has 0 bridgehead atoms. The molecule has 1 aromatic heterocycles. The van der Waals surface area contributed by atoms with Gasteiger partial charge in [-0.15, -0.1) is 10.2 Å². The molecule has 154 valence electrons. The summed E-state index contributed by atoms with van der Waals surface area (Å²) in [6, 6.07) is 14.4. The summed E-state index contributed by atoms with van der Waals surface area (Å²) < 4.78 is 7.17. The third-order valence-electron chi connectivity index (χ3n) is 4.39. The maximum Gasteiger partial charge on any atom is 0.237 e. The third-order valence-corrected chi connectivity index (χ3v) is 5.78. The number of amides is 1. The van der Waals surface area contributed by atoms with Crippen molar-refractivity contribution in [1.29, 1.82) is 5.26 Å². The van der Waals surface area contributed by atoms with Gasteiger partial charge in [-0.1, -0.05) is 23.4 Å². The van der Waals surface area contributed by atoms with E-state index in [9.17, 15) is 4.79 Å². The average molecular weight is 442 g/mol. The SMILES string of the molecule is CCn1c(SC(C)C(=O)Nc2ccc(C#N)c(Cl)c2)nnc1-c1ccc(OC)cc1. The summed E-state index contributed by atoms with van der Waals surface area (Å²) in [4.78, 5) is 12.6. The average Bonchev–Trinajstić information content (AvgIpc) is 3.16. The molecule has 30 heavy (non-hydrogen) atoms. The molecule has 0 aliphatic carbocycles. The number of carbonyl (C=O) groups excluding carboxylic acids is 1. The molecule has 7 nitrogen and oxygen atoms in total. The molecule has 0 fully saturated rings. The van der Waals surface area contributed by atoms with Gasteiger partial charge in [0.05, 0.1) is 22.9 Å². The van der Waals surface area contributed by atoms with Crippen LogP contribution in [0, 0.1) is 11.3 Å². The number of benzene rings is 2. The second-order valence-electron chi connectivity index (χ2n) is 6.33. The van der Waals surface area contributed by atoms with Crippen LogP contribution in [0.2, 0.25) is 5.02 Å².